The van der Waals surface area contributed by atoms with Gasteiger partial charge in [-0.25, -0.2) is 4.98 Å². The summed E-state index contributed by atoms with van der Waals surface area (Å²) in [4.78, 5) is 8.42. The SMILES string of the molecule is c1cncc(CCNc2nccc3occc23)c1. The summed E-state index contributed by atoms with van der Waals surface area (Å²) in [6.07, 6.45) is 8.01. The predicted octanol–water partition coefficient (Wildman–Crippen LogP) is 2.88. The maximum atomic E-state index is 5.33. The maximum absolute atomic E-state index is 5.33. The van der Waals surface area contributed by atoms with Crippen molar-refractivity contribution in [1.29, 1.82) is 0 Å². The van der Waals surface area contributed by atoms with E-state index in [4.69, 9.17) is 4.42 Å². The highest BCUT2D eigenvalue weighted by atomic mass is 16.3. The summed E-state index contributed by atoms with van der Waals surface area (Å²) in [5.41, 5.74) is 2.07. The summed E-state index contributed by atoms with van der Waals surface area (Å²) < 4.78 is 5.33. The molecule has 0 aliphatic heterocycles. The third-order valence-corrected chi connectivity index (χ3v) is 2.81. The number of aromatic nitrogens is 2. The molecule has 90 valence electrons. The average molecular weight is 239 g/mol. The van der Waals surface area contributed by atoms with Crippen LogP contribution in [0.3, 0.4) is 0 Å². The van der Waals surface area contributed by atoms with Gasteiger partial charge >= 0.3 is 0 Å². The van der Waals surface area contributed by atoms with Gasteiger partial charge in [-0.05, 0) is 30.2 Å². The summed E-state index contributed by atoms with van der Waals surface area (Å²) >= 11 is 0. The van der Waals surface area contributed by atoms with Crippen molar-refractivity contribution in [2.24, 2.45) is 0 Å². The molecule has 0 saturated carbocycles. The van der Waals surface area contributed by atoms with Gasteiger partial charge < -0.3 is 9.73 Å². The molecule has 0 amide bonds. The Kier molecular flexibility index (Phi) is 2.92. The van der Waals surface area contributed by atoms with Gasteiger partial charge in [0.25, 0.3) is 0 Å². The standard InChI is InChI=1S/C14H13N3O/c1-2-11(10-15-6-1)3-7-16-14-12-5-9-18-13(12)4-8-17-14/h1-2,4-6,8-10H,3,7H2,(H,16,17). The van der Waals surface area contributed by atoms with Gasteiger partial charge in [-0.2, -0.15) is 0 Å². The highest BCUT2D eigenvalue weighted by Gasteiger charge is 2.03. The van der Waals surface area contributed by atoms with Gasteiger partial charge in [-0.1, -0.05) is 6.07 Å². The Labute approximate surface area is 105 Å². The quantitative estimate of drug-likeness (QED) is 0.760. The second-order valence-corrected chi connectivity index (χ2v) is 4.03. The number of pyridine rings is 2. The number of nitrogens with zero attached hydrogens (tertiary/aromatic N) is 2. The van der Waals surface area contributed by atoms with Gasteiger partial charge in [-0.15, -0.1) is 0 Å². The van der Waals surface area contributed by atoms with Crippen LogP contribution in [-0.2, 0) is 6.42 Å². The molecule has 0 saturated heterocycles. The first-order valence-corrected chi connectivity index (χ1v) is 5.88. The van der Waals surface area contributed by atoms with Crippen molar-refractivity contribution < 1.29 is 4.42 Å². The number of nitrogens with one attached hydrogen (secondary N) is 1. The molecule has 0 unspecified atom stereocenters. The molecule has 18 heavy (non-hydrogen) atoms. The lowest BCUT2D eigenvalue weighted by molar-refractivity contribution is 0.615. The van der Waals surface area contributed by atoms with Crippen LogP contribution in [0.2, 0.25) is 0 Å². The van der Waals surface area contributed by atoms with Crippen LogP contribution in [0.15, 0.2) is 53.5 Å². The molecule has 0 radical (unpaired) electrons. The molecule has 0 aromatic carbocycles. The van der Waals surface area contributed by atoms with Crippen molar-refractivity contribution in [2.75, 3.05) is 11.9 Å². The first-order chi connectivity index (χ1) is 8.93. The highest BCUT2D eigenvalue weighted by molar-refractivity contribution is 5.87. The van der Waals surface area contributed by atoms with E-state index in [1.807, 2.05) is 24.4 Å². The fourth-order valence-electron chi connectivity index (χ4n) is 1.91. The highest BCUT2D eigenvalue weighted by Crippen LogP contribution is 2.21. The van der Waals surface area contributed by atoms with Crippen molar-refractivity contribution in [2.45, 2.75) is 6.42 Å². The predicted molar refractivity (Wildman–Crippen MR) is 70.4 cm³/mol. The van der Waals surface area contributed by atoms with E-state index in [1.54, 1.807) is 18.7 Å². The van der Waals surface area contributed by atoms with Gasteiger partial charge in [0, 0.05) is 25.1 Å². The van der Waals surface area contributed by atoms with Gasteiger partial charge in [0.15, 0.2) is 0 Å². The summed E-state index contributed by atoms with van der Waals surface area (Å²) in [5.74, 6) is 0.866. The molecule has 3 heterocycles. The van der Waals surface area contributed by atoms with Crippen LogP contribution in [-0.4, -0.2) is 16.5 Å². The molecule has 0 aliphatic carbocycles. The second kappa shape index (κ2) is 4.87. The summed E-state index contributed by atoms with van der Waals surface area (Å²) in [7, 11) is 0. The average Bonchev–Trinajstić information content (AvgIpc) is 2.89. The van der Waals surface area contributed by atoms with Crippen LogP contribution in [0.4, 0.5) is 5.82 Å². The minimum atomic E-state index is 0.822. The first kappa shape index (κ1) is 10.8. The number of hydrogen-bond donors (Lipinski definition) is 1. The number of fused-ring (bicyclic) bond motifs is 1. The smallest absolute Gasteiger partial charge is 0.139 e. The van der Waals surface area contributed by atoms with Gasteiger partial charge in [0.2, 0.25) is 0 Å². The van der Waals surface area contributed by atoms with Crippen molar-refractivity contribution in [3.63, 3.8) is 0 Å². The molecule has 3 aromatic heterocycles. The van der Waals surface area contributed by atoms with E-state index in [1.165, 1.54) is 5.56 Å². The molecule has 4 nitrogen and oxygen atoms in total. The van der Waals surface area contributed by atoms with Gasteiger partial charge in [0.05, 0.1) is 11.6 Å². The molecule has 0 bridgehead atoms. The number of furan rings is 1. The van der Waals surface area contributed by atoms with E-state index >= 15 is 0 Å². The van der Waals surface area contributed by atoms with Crippen LogP contribution < -0.4 is 5.32 Å². The normalized spacial score (nSPS) is 10.7. The van der Waals surface area contributed by atoms with Gasteiger partial charge in [0.1, 0.15) is 11.4 Å². The Morgan fingerprint density at radius 3 is 3.06 bits per heavy atom. The molecular weight excluding hydrogens is 226 g/mol. The molecule has 0 fully saturated rings. The summed E-state index contributed by atoms with van der Waals surface area (Å²) in [5, 5.41) is 4.34. The lowest BCUT2D eigenvalue weighted by atomic mass is 10.2. The Balaban J connectivity index is 1.68. The fraction of sp³-hybridized carbons (Fsp3) is 0.143. The monoisotopic (exact) mass is 239 g/mol. The maximum Gasteiger partial charge on any atom is 0.139 e. The van der Waals surface area contributed by atoms with Crippen LogP contribution in [0.25, 0.3) is 11.0 Å². The van der Waals surface area contributed by atoms with E-state index < -0.39 is 0 Å². The van der Waals surface area contributed by atoms with Crippen LogP contribution in [0.5, 0.6) is 0 Å². The summed E-state index contributed by atoms with van der Waals surface area (Å²) in [6, 6.07) is 7.81. The van der Waals surface area contributed by atoms with Gasteiger partial charge in [-0.3, -0.25) is 4.98 Å². The second-order valence-electron chi connectivity index (χ2n) is 4.03. The van der Waals surface area contributed by atoms with Crippen molar-refractivity contribution in [3.8, 4) is 0 Å². The van der Waals surface area contributed by atoms with Crippen LogP contribution in [0.1, 0.15) is 5.56 Å². The molecule has 0 atom stereocenters. The molecule has 1 N–H and O–H groups in total. The topological polar surface area (TPSA) is 51.0 Å². The number of hydrogen-bond acceptors (Lipinski definition) is 4. The molecule has 4 heteroatoms. The minimum Gasteiger partial charge on any atom is -0.464 e. The Hall–Kier alpha value is -2.36. The largest absolute Gasteiger partial charge is 0.464 e. The van der Waals surface area contributed by atoms with Crippen LogP contribution in [0, 0.1) is 0 Å². The summed E-state index contributed by atoms with van der Waals surface area (Å²) in [6.45, 7) is 0.822. The number of rotatable bonds is 4. The lowest BCUT2D eigenvalue weighted by Crippen LogP contribution is -2.06. The van der Waals surface area contributed by atoms with E-state index in [2.05, 4.69) is 21.4 Å². The Bertz CT molecular complexity index is 634. The third kappa shape index (κ3) is 2.18. The van der Waals surface area contributed by atoms with Crippen molar-refractivity contribution in [1.82, 2.24) is 9.97 Å². The van der Waals surface area contributed by atoms with E-state index in [9.17, 15) is 0 Å². The zero-order chi connectivity index (χ0) is 12.2. The van der Waals surface area contributed by atoms with Crippen molar-refractivity contribution in [3.05, 3.63) is 54.7 Å². The molecule has 3 rings (SSSR count). The first-order valence-electron chi connectivity index (χ1n) is 5.88. The molecule has 0 spiro atoms. The Morgan fingerprint density at radius 1 is 1.17 bits per heavy atom. The Morgan fingerprint density at radius 2 is 2.17 bits per heavy atom. The van der Waals surface area contributed by atoms with E-state index in [-0.39, 0.29) is 0 Å². The zero-order valence-electron chi connectivity index (χ0n) is 9.84. The zero-order valence-corrected chi connectivity index (χ0v) is 9.84. The third-order valence-electron chi connectivity index (χ3n) is 2.81. The number of anilines is 1. The van der Waals surface area contributed by atoms with E-state index in [0.29, 0.717) is 0 Å². The molecular formula is C14H13N3O. The van der Waals surface area contributed by atoms with E-state index in [0.717, 1.165) is 29.8 Å². The lowest BCUT2D eigenvalue weighted by Gasteiger charge is -2.05. The molecule has 0 aliphatic rings. The minimum absolute atomic E-state index is 0.822. The fourth-order valence-corrected chi connectivity index (χ4v) is 1.91. The van der Waals surface area contributed by atoms with Crippen LogP contribution >= 0.6 is 0 Å². The van der Waals surface area contributed by atoms with Crippen molar-refractivity contribution >= 4 is 16.8 Å². The molecule has 3 aromatic rings.